The summed E-state index contributed by atoms with van der Waals surface area (Å²) in [6.45, 7) is 5.77. The van der Waals surface area contributed by atoms with Gasteiger partial charge in [-0.3, -0.25) is 4.68 Å². The van der Waals surface area contributed by atoms with Crippen LogP contribution in [0, 0.1) is 0 Å². The molecule has 2 aromatic rings. The summed E-state index contributed by atoms with van der Waals surface area (Å²) in [4.78, 5) is 4.72. The minimum atomic E-state index is -0.00806. The van der Waals surface area contributed by atoms with Gasteiger partial charge in [0.1, 0.15) is 0 Å². The van der Waals surface area contributed by atoms with E-state index in [1.165, 1.54) is 5.56 Å². The molecule has 1 aromatic heterocycles. The van der Waals surface area contributed by atoms with Crippen LogP contribution < -0.4 is 10.6 Å². The van der Waals surface area contributed by atoms with Crippen LogP contribution in [-0.2, 0) is 23.7 Å². The second kappa shape index (κ2) is 9.24. The molecule has 0 amide bonds. The van der Waals surface area contributed by atoms with E-state index in [4.69, 9.17) is 21.3 Å². The molecule has 7 heteroatoms. The molecule has 1 fully saturated rings. The maximum atomic E-state index is 6.26. The zero-order chi connectivity index (χ0) is 19.1. The Kier molecular flexibility index (Phi) is 6.74. The maximum Gasteiger partial charge on any atom is 0.191 e. The number of guanidine groups is 1. The predicted octanol–water partition coefficient (Wildman–Crippen LogP) is 2.88. The fourth-order valence-corrected chi connectivity index (χ4v) is 3.65. The summed E-state index contributed by atoms with van der Waals surface area (Å²) in [5, 5.41) is 11.9. The molecule has 0 bridgehead atoms. The first-order chi connectivity index (χ1) is 13.1. The Balaban J connectivity index is 1.75. The van der Waals surface area contributed by atoms with Crippen molar-refractivity contribution in [1.82, 2.24) is 20.4 Å². The van der Waals surface area contributed by atoms with Crippen LogP contribution in [-0.4, -0.2) is 42.0 Å². The number of aryl methyl sites for hydroxylation is 1. The Morgan fingerprint density at radius 2 is 2.11 bits per heavy atom. The number of halogens is 1. The molecular weight excluding hydrogens is 362 g/mol. The number of hydrogen-bond acceptors (Lipinski definition) is 3. The maximum absolute atomic E-state index is 6.26. The lowest BCUT2D eigenvalue weighted by atomic mass is 9.74. The molecule has 1 saturated heterocycles. The lowest BCUT2D eigenvalue weighted by Crippen LogP contribution is -2.48. The van der Waals surface area contributed by atoms with Crippen molar-refractivity contribution in [1.29, 1.82) is 0 Å². The van der Waals surface area contributed by atoms with Gasteiger partial charge in [0.2, 0.25) is 0 Å². The van der Waals surface area contributed by atoms with Gasteiger partial charge in [-0.2, -0.15) is 5.10 Å². The van der Waals surface area contributed by atoms with Crippen LogP contribution in [0.4, 0.5) is 0 Å². The molecule has 2 heterocycles. The fourth-order valence-electron chi connectivity index (χ4n) is 3.46. The number of nitrogens with zero attached hydrogens (tertiary/aromatic N) is 3. The van der Waals surface area contributed by atoms with Gasteiger partial charge in [0.05, 0.1) is 12.2 Å². The molecular formula is C20H28ClN5O. The fraction of sp³-hybridized carbons (Fsp3) is 0.500. The number of ether oxygens (including phenoxy) is 1. The molecule has 6 nitrogen and oxygen atoms in total. The van der Waals surface area contributed by atoms with Crippen LogP contribution in [0.15, 0.2) is 41.5 Å². The SMILES string of the molecule is CCNC(=NCc1ccnn1C)NCC1(c2cccc(Cl)c2)CCOCC1. The Hall–Kier alpha value is -2.05. The standard InChI is InChI=1S/C20H28ClN5O/c1-3-22-19(23-14-18-7-10-25-26(18)2)24-15-20(8-11-27-12-9-20)16-5-4-6-17(21)13-16/h4-7,10,13H,3,8-9,11-12,14-15H2,1-2H3,(H2,22,23,24). The smallest absolute Gasteiger partial charge is 0.191 e. The van der Waals surface area contributed by atoms with Crippen LogP contribution >= 0.6 is 11.6 Å². The molecule has 0 atom stereocenters. The van der Waals surface area contributed by atoms with E-state index in [9.17, 15) is 0 Å². The average molecular weight is 390 g/mol. The molecule has 0 spiro atoms. The van der Waals surface area contributed by atoms with E-state index in [1.807, 2.05) is 29.9 Å². The number of rotatable bonds is 6. The Labute approximate surface area is 166 Å². The van der Waals surface area contributed by atoms with Crippen LogP contribution in [0.25, 0.3) is 0 Å². The van der Waals surface area contributed by atoms with Crippen LogP contribution in [0.3, 0.4) is 0 Å². The van der Waals surface area contributed by atoms with Crippen molar-refractivity contribution >= 4 is 17.6 Å². The summed E-state index contributed by atoms with van der Waals surface area (Å²) in [7, 11) is 1.93. The number of nitrogens with one attached hydrogen (secondary N) is 2. The van der Waals surface area contributed by atoms with Gasteiger partial charge in [-0.05, 0) is 43.5 Å². The first-order valence-corrected chi connectivity index (χ1v) is 9.83. The van der Waals surface area contributed by atoms with Crippen molar-refractivity contribution in [2.24, 2.45) is 12.0 Å². The van der Waals surface area contributed by atoms with E-state index in [0.29, 0.717) is 6.54 Å². The normalized spacial score (nSPS) is 16.9. The zero-order valence-electron chi connectivity index (χ0n) is 16.0. The summed E-state index contributed by atoms with van der Waals surface area (Å²) in [6, 6.07) is 10.2. The number of benzene rings is 1. The summed E-state index contributed by atoms with van der Waals surface area (Å²) >= 11 is 6.26. The van der Waals surface area contributed by atoms with Crippen molar-refractivity contribution in [3.8, 4) is 0 Å². The highest BCUT2D eigenvalue weighted by molar-refractivity contribution is 6.30. The Morgan fingerprint density at radius 3 is 2.78 bits per heavy atom. The van der Waals surface area contributed by atoms with Gasteiger partial charge in [0.25, 0.3) is 0 Å². The Morgan fingerprint density at radius 1 is 1.30 bits per heavy atom. The lowest BCUT2D eigenvalue weighted by Gasteiger charge is -2.38. The first-order valence-electron chi connectivity index (χ1n) is 9.46. The highest BCUT2D eigenvalue weighted by Crippen LogP contribution is 2.35. The monoisotopic (exact) mass is 389 g/mol. The number of aliphatic imine (C=N–C) groups is 1. The summed E-state index contributed by atoms with van der Waals surface area (Å²) < 4.78 is 7.47. The number of aromatic nitrogens is 2. The van der Waals surface area contributed by atoms with E-state index in [0.717, 1.165) is 55.8 Å². The van der Waals surface area contributed by atoms with Gasteiger partial charge >= 0.3 is 0 Å². The van der Waals surface area contributed by atoms with Crippen LogP contribution in [0.1, 0.15) is 31.0 Å². The van der Waals surface area contributed by atoms with Crippen molar-refractivity contribution in [2.45, 2.75) is 31.7 Å². The van der Waals surface area contributed by atoms with Crippen molar-refractivity contribution in [2.75, 3.05) is 26.3 Å². The largest absolute Gasteiger partial charge is 0.381 e. The van der Waals surface area contributed by atoms with Crippen LogP contribution in [0.5, 0.6) is 0 Å². The van der Waals surface area contributed by atoms with Gasteiger partial charge in [-0.1, -0.05) is 23.7 Å². The molecule has 2 N–H and O–H groups in total. The highest BCUT2D eigenvalue weighted by Gasteiger charge is 2.34. The zero-order valence-corrected chi connectivity index (χ0v) is 16.8. The molecule has 1 aromatic carbocycles. The second-order valence-electron chi connectivity index (χ2n) is 6.90. The van der Waals surface area contributed by atoms with Crippen molar-refractivity contribution in [3.05, 3.63) is 52.8 Å². The molecule has 27 heavy (non-hydrogen) atoms. The topological polar surface area (TPSA) is 63.5 Å². The quantitative estimate of drug-likeness (QED) is 0.589. The highest BCUT2D eigenvalue weighted by atomic mass is 35.5. The molecule has 3 rings (SSSR count). The minimum absolute atomic E-state index is 0.00806. The third-order valence-corrected chi connectivity index (χ3v) is 5.38. The molecule has 0 aliphatic carbocycles. The minimum Gasteiger partial charge on any atom is -0.381 e. The van der Waals surface area contributed by atoms with Crippen molar-refractivity contribution in [3.63, 3.8) is 0 Å². The first kappa shape index (κ1) is 19.7. The van der Waals surface area contributed by atoms with E-state index >= 15 is 0 Å². The van der Waals surface area contributed by atoms with E-state index in [2.05, 4.69) is 34.8 Å². The third-order valence-electron chi connectivity index (χ3n) is 5.15. The molecule has 1 aliphatic rings. The summed E-state index contributed by atoms with van der Waals surface area (Å²) in [5.41, 5.74) is 2.32. The Bertz CT molecular complexity index is 767. The second-order valence-corrected chi connectivity index (χ2v) is 7.33. The third kappa shape index (κ3) is 5.02. The molecule has 0 unspecified atom stereocenters. The van der Waals surface area contributed by atoms with Gasteiger partial charge in [-0.25, -0.2) is 4.99 Å². The van der Waals surface area contributed by atoms with Crippen molar-refractivity contribution < 1.29 is 4.74 Å². The molecule has 0 radical (unpaired) electrons. The number of hydrogen-bond donors (Lipinski definition) is 2. The lowest BCUT2D eigenvalue weighted by molar-refractivity contribution is 0.0514. The molecule has 0 saturated carbocycles. The van der Waals surface area contributed by atoms with E-state index in [1.54, 1.807) is 6.20 Å². The summed E-state index contributed by atoms with van der Waals surface area (Å²) in [5.74, 6) is 0.812. The van der Waals surface area contributed by atoms with Gasteiger partial charge in [0, 0.05) is 50.0 Å². The molecule has 146 valence electrons. The van der Waals surface area contributed by atoms with Crippen LogP contribution in [0.2, 0.25) is 5.02 Å². The summed E-state index contributed by atoms with van der Waals surface area (Å²) in [6.07, 6.45) is 3.71. The van der Waals surface area contributed by atoms with E-state index < -0.39 is 0 Å². The predicted molar refractivity (Wildman–Crippen MR) is 109 cm³/mol. The van der Waals surface area contributed by atoms with Gasteiger partial charge in [0.15, 0.2) is 5.96 Å². The van der Waals surface area contributed by atoms with Gasteiger partial charge < -0.3 is 15.4 Å². The van der Waals surface area contributed by atoms with E-state index in [-0.39, 0.29) is 5.41 Å². The molecule has 1 aliphatic heterocycles. The average Bonchev–Trinajstić information content (AvgIpc) is 3.09. The van der Waals surface area contributed by atoms with Gasteiger partial charge in [-0.15, -0.1) is 0 Å².